The summed E-state index contributed by atoms with van der Waals surface area (Å²) in [4.78, 5) is 29.0. The van der Waals surface area contributed by atoms with Gasteiger partial charge in [0.1, 0.15) is 5.70 Å². The van der Waals surface area contributed by atoms with Gasteiger partial charge in [0, 0.05) is 6.54 Å². The standard InChI is InChI=1S/C13H17N3O4/c1-6(17)10-9-3-7(2-8-4-14-5-15-8)11(13(19)20)16(9)12(10)18/h5-6,8-10,17H,2-4H2,1H3,(H,14,15)(H,19,20)/t6-,8?,9-,10-/m1/s1. The number of amides is 1. The molecule has 3 heterocycles. The number of aliphatic imine (C=N–C) groups is 1. The molecule has 0 radical (unpaired) electrons. The van der Waals surface area contributed by atoms with Gasteiger partial charge in [0.25, 0.3) is 0 Å². The smallest absolute Gasteiger partial charge is 0.352 e. The summed E-state index contributed by atoms with van der Waals surface area (Å²) in [6.45, 7) is 2.26. The van der Waals surface area contributed by atoms with Gasteiger partial charge in [0.15, 0.2) is 0 Å². The first-order valence-electron chi connectivity index (χ1n) is 6.72. The number of aliphatic hydroxyl groups excluding tert-OH is 1. The number of carboxylic acids is 1. The minimum absolute atomic E-state index is 0.0261. The first-order chi connectivity index (χ1) is 9.50. The Morgan fingerprint density at radius 1 is 1.65 bits per heavy atom. The molecule has 3 aliphatic heterocycles. The van der Waals surface area contributed by atoms with E-state index in [1.54, 1.807) is 13.3 Å². The van der Waals surface area contributed by atoms with Crippen molar-refractivity contribution < 1.29 is 19.8 Å². The Hall–Kier alpha value is -1.89. The number of hydrogen-bond donors (Lipinski definition) is 3. The predicted molar refractivity (Wildman–Crippen MR) is 70.0 cm³/mol. The molecule has 1 amide bonds. The summed E-state index contributed by atoms with van der Waals surface area (Å²) in [5.74, 6) is -1.84. The van der Waals surface area contributed by atoms with Gasteiger partial charge in [-0.1, -0.05) is 0 Å². The summed E-state index contributed by atoms with van der Waals surface area (Å²) in [5, 5.41) is 22.0. The second-order valence-electron chi connectivity index (χ2n) is 5.55. The highest BCUT2D eigenvalue weighted by Crippen LogP contribution is 2.44. The summed E-state index contributed by atoms with van der Waals surface area (Å²) < 4.78 is 0. The van der Waals surface area contributed by atoms with E-state index in [4.69, 9.17) is 0 Å². The molecule has 7 heteroatoms. The Bertz CT molecular complexity index is 526. The molecule has 0 bridgehead atoms. The zero-order valence-electron chi connectivity index (χ0n) is 11.1. The lowest BCUT2D eigenvalue weighted by molar-refractivity contribution is -0.161. The average Bonchev–Trinajstić information content (AvgIpc) is 2.95. The maximum Gasteiger partial charge on any atom is 0.352 e. The van der Waals surface area contributed by atoms with Gasteiger partial charge in [-0.25, -0.2) is 4.79 Å². The van der Waals surface area contributed by atoms with Crippen molar-refractivity contribution in [2.24, 2.45) is 10.9 Å². The molecule has 1 unspecified atom stereocenters. The summed E-state index contributed by atoms with van der Waals surface area (Å²) in [5.41, 5.74) is 0.851. The molecule has 7 nitrogen and oxygen atoms in total. The van der Waals surface area contributed by atoms with E-state index in [9.17, 15) is 19.8 Å². The van der Waals surface area contributed by atoms with E-state index in [0.717, 1.165) is 5.57 Å². The van der Waals surface area contributed by atoms with Crippen LogP contribution in [-0.4, -0.2) is 58.1 Å². The van der Waals surface area contributed by atoms with E-state index in [2.05, 4.69) is 10.3 Å². The molecule has 0 aromatic rings. The van der Waals surface area contributed by atoms with E-state index in [-0.39, 0.29) is 23.7 Å². The number of rotatable bonds is 4. The molecule has 0 aromatic heterocycles. The van der Waals surface area contributed by atoms with Gasteiger partial charge in [-0.15, -0.1) is 0 Å². The minimum atomic E-state index is -1.07. The highest BCUT2D eigenvalue weighted by molar-refractivity contribution is 5.99. The molecule has 1 fully saturated rings. The fraction of sp³-hybridized carbons (Fsp3) is 0.615. The quantitative estimate of drug-likeness (QED) is 0.592. The number of carbonyl (C=O) groups excluding carboxylic acids is 1. The van der Waals surface area contributed by atoms with Crippen LogP contribution in [0.25, 0.3) is 0 Å². The van der Waals surface area contributed by atoms with E-state index < -0.39 is 18.0 Å². The molecule has 3 N–H and O–H groups in total. The second kappa shape index (κ2) is 4.59. The van der Waals surface area contributed by atoms with Crippen molar-refractivity contribution in [1.29, 1.82) is 0 Å². The Balaban J connectivity index is 1.83. The zero-order valence-corrected chi connectivity index (χ0v) is 11.1. The van der Waals surface area contributed by atoms with Crippen molar-refractivity contribution in [3.63, 3.8) is 0 Å². The highest BCUT2D eigenvalue weighted by atomic mass is 16.4. The normalized spacial score (nSPS) is 33.0. The summed E-state index contributed by atoms with van der Waals surface area (Å²) in [6, 6.07) is -0.180. The van der Waals surface area contributed by atoms with Crippen LogP contribution < -0.4 is 5.32 Å². The largest absolute Gasteiger partial charge is 0.477 e. The Morgan fingerprint density at radius 3 is 2.95 bits per heavy atom. The first-order valence-corrected chi connectivity index (χ1v) is 6.72. The van der Waals surface area contributed by atoms with E-state index in [0.29, 0.717) is 19.4 Å². The van der Waals surface area contributed by atoms with Gasteiger partial charge in [-0.05, 0) is 25.3 Å². The van der Waals surface area contributed by atoms with Crippen LogP contribution in [0, 0.1) is 5.92 Å². The SMILES string of the molecule is C[C@@H](O)[C@H]1C(=O)N2C(C(=O)O)=C(CC3CNC=N3)C[C@H]12. The molecule has 0 saturated carbocycles. The number of carbonyl (C=O) groups is 2. The van der Waals surface area contributed by atoms with Crippen LogP contribution in [-0.2, 0) is 9.59 Å². The molecule has 1 saturated heterocycles. The Kier molecular flexibility index (Phi) is 3.01. The van der Waals surface area contributed by atoms with Gasteiger partial charge >= 0.3 is 5.97 Å². The van der Waals surface area contributed by atoms with Crippen LogP contribution in [0.4, 0.5) is 0 Å². The van der Waals surface area contributed by atoms with Gasteiger partial charge in [-0.2, -0.15) is 0 Å². The third kappa shape index (κ3) is 1.81. The fourth-order valence-electron chi connectivity index (χ4n) is 3.35. The number of nitrogens with zero attached hydrogens (tertiary/aromatic N) is 2. The topological polar surface area (TPSA) is 102 Å². The van der Waals surface area contributed by atoms with Gasteiger partial charge < -0.3 is 20.4 Å². The minimum Gasteiger partial charge on any atom is -0.477 e. The van der Waals surface area contributed by atoms with E-state index in [1.807, 2.05) is 0 Å². The molecule has 4 atom stereocenters. The number of aliphatic hydroxyl groups is 1. The molecule has 0 aliphatic carbocycles. The Morgan fingerprint density at radius 2 is 2.40 bits per heavy atom. The van der Waals surface area contributed by atoms with Crippen LogP contribution in [0.1, 0.15) is 19.8 Å². The van der Waals surface area contributed by atoms with E-state index >= 15 is 0 Å². The number of nitrogens with one attached hydrogen (secondary N) is 1. The number of aliphatic carboxylic acids is 1. The van der Waals surface area contributed by atoms with Crippen LogP contribution in [0.15, 0.2) is 16.3 Å². The molecule has 20 heavy (non-hydrogen) atoms. The van der Waals surface area contributed by atoms with E-state index in [1.165, 1.54) is 4.90 Å². The molecule has 3 aliphatic rings. The maximum atomic E-state index is 12.0. The summed E-state index contributed by atoms with van der Waals surface area (Å²) in [7, 11) is 0. The van der Waals surface area contributed by atoms with Crippen LogP contribution in [0.5, 0.6) is 0 Å². The zero-order chi connectivity index (χ0) is 14.4. The van der Waals surface area contributed by atoms with Crippen molar-refractivity contribution in [3.05, 3.63) is 11.3 Å². The van der Waals surface area contributed by atoms with Crippen molar-refractivity contribution in [1.82, 2.24) is 10.2 Å². The third-order valence-corrected chi connectivity index (χ3v) is 4.23. The van der Waals surface area contributed by atoms with Crippen molar-refractivity contribution >= 4 is 18.2 Å². The lowest BCUT2D eigenvalue weighted by atomic mass is 9.82. The lowest BCUT2D eigenvalue weighted by Crippen LogP contribution is -2.61. The fourth-order valence-corrected chi connectivity index (χ4v) is 3.35. The third-order valence-electron chi connectivity index (χ3n) is 4.23. The number of fused-ring (bicyclic) bond motifs is 1. The molecular weight excluding hydrogens is 262 g/mol. The van der Waals surface area contributed by atoms with Gasteiger partial charge in [0.05, 0.1) is 30.4 Å². The number of hydrogen-bond acceptors (Lipinski definition) is 5. The molecule has 108 valence electrons. The predicted octanol–water partition coefficient (Wildman–Crippen LogP) is -0.673. The lowest BCUT2D eigenvalue weighted by Gasteiger charge is -2.44. The summed E-state index contributed by atoms with van der Waals surface area (Å²) in [6.07, 6.45) is 1.94. The molecule has 0 aromatic carbocycles. The maximum absolute atomic E-state index is 12.0. The highest BCUT2D eigenvalue weighted by Gasteiger charge is 2.56. The average molecular weight is 279 g/mol. The van der Waals surface area contributed by atoms with Gasteiger partial charge in [-0.3, -0.25) is 9.79 Å². The number of β-lactam (4-membered cyclic amide) rings is 1. The van der Waals surface area contributed by atoms with Crippen molar-refractivity contribution in [2.75, 3.05) is 6.54 Å². The van der Waals surface area contributed by atoms with Crippen LogP contribution in [0.3, 0.4) is 0 Å². The molecule has 3 rings (SSSR count). The monoisotopic (exact) mass is 279 g/mol. The first kappa shape index (κ1) is 13.1. The summed E-state index contributed by atoms with van der Waals surface area (Å²) >= 11 is 0. The van der Waals surface area contributed by atoms with Gasteiger partial charge in [0.2, 0.25) is 5.91 Å². The van der Waals surface area contributed by atoms with Crippen LogP contribution in [0.2, 0.25) is 0 Å². The van der Waals surface area contributed by atoms with Crippen LogP contribution >= 0.6 is 0 Å². The van der Waals surface area contributed by atoms with Crippen molar-refractivity contribution in [3.8, 4) is 0 Å². The number of carboxylic acid groups (broad SMARTS) is 1. The Labute approximate surface area is 116 Å². The molecule has 0 spiro atoms. The molecular formula is C13H17N3O4. The van der Waals surface area contributed by atoms with Crippen molar-refractivity contribution in [2.45, 2.75) is 38.0 Å². The second-order valence-corrected chi connectivity index (χ2v) is 5.55.